The number of nitrogens with zero attached hydrogens (tertiary/aromatic N) is 3. The van der Waals surface area contributed by atoms with E-state index in [1.54, 1.807) is 23.7 Å². The van der Waals surface area contributed by atoms with Gasteiger partial charge in [0, 0.05) is 30.2 Å². The van der Waals surface area contributed by atoms with Crippen LogP contribution in [0.5, 0.6) is 0 Å². The van der Waals surface area contributed by atoms with Crippen LogP contribution in [0.1, 0.15) is 20.9 Å². The van der Waals surface area contributed by atoms with E-state index in [0.29, 0.717) is 6.54 Å². The molecular weight excluding hydrogens is 354 g/mol. The second-order valence-corrected chi connectivity index (χ2v) is 7.94. The van der Waals surface area contributed by atoms with Crippen molar-refractivity contribution in [1.29, 1.82) is 0 Å². The molecule has 2 aromatic carbocycles. The predicted molar refractivity (Wildman–Crippen MR) is 109 cm³/mol. The van der Waals surface area contributed by atoms with Crippen LogP contribution in [-0.4, -0.2) is 22.4 Å². The van der Waals surface area contributed by atoms with Crippen LogP contribution in [0.15, 0.2) is 60.9 Å². The highest BCUT2D eigenvalue weighted by atomic mass is 32.1. The molecule has 3 heterocycles. The molecule has 1 amide bonds. The Morgan fingerprint density at radius 3 is 2.74 bits per heavy atom. The van der Waals surface area contributed by atoms with Gasteiger partial charge in [0.1, 0.15) is 0 Å². The number of anilines is 1. The van der Waals surface area contributed by atoms with Gasteiger partial charge in [0.05, 0.1) is 15.2 Å². The van der Waals surface area contributed by atoms with Crippen LogP contribution in [0.2, 0.25) is 0 Å². The van der Waals surface area contributed by atoms with Crippen molar-refractivity contribution in [2.75, 3.05) is 11.4 Å². The van der Waals surface area contributed by atoms with Crippen molar-refractivity contribution in [3.8, 4) is 11.1 Å². The number of benzene rings is 2. The molecule has 0 saturated heterocycles. The summed E-state index contributed by atoms with van der Waals surface area (Å²) in [6.07, 6.45) is 4.48. The summed E-state index contributed by atoms with van der Waals surface area (Å²) in [5.41, 5.74) is 6.21. The van der Waals surface area contributed by atoms with Gasteiger partial charge in [0.25, 0.3) is 5.91 Å². The van der Waals surface area contributed by atoms with E-state index in [2.05, 4.69) is 28.2 Å². The molecule has 0 fully saturated rings. The maximum absolute atomic E-state index is 13.1. The van der Waals surface area contributed by atoms with Crippen LogP contribution in [0.3, 0.4) is 0 Å². The molecule has 0 bridgehead atoms. The van der Waals surface area contributed by atoms with Crippen LogP contribution in [0.4, 0.5) is 5.69 Å². The van der Waals surface area contributed by atoms with Gasteiger partial charge >= 0.3 is 0 Å². The van der Waals surface area contributed by atoms with Crippen LogP contribution >= 0.6 is 11.3 Å². The number of hydrogen-bond donors (Lipinski definition) is 0. The van der Waals surface area contributed by atoms with Crippen LogP contribution in [-0.2, 0) is 6.42 Å². The Kier molecular flexibility index (Phi) is 3.76. The van der Waals surface area contributed by atoms with Crippen LogP contribution in [0, 0.1) is 6.92 Å². The molecule has 4 nitrogen and oxygen atoms in total. The van der Waals surface area contributed by atoms with E-state index in [1.165, 1.54) is 5.56 Å². The third-order valence-electron chi connectivity index (χ3n) is 4.98. The smallest absolute Gasteiger partial charge is 0.258 e. The molecule has 5 rings (SSSR count). The minimum atomic E-state index is 0.0540. The summed E-state index contributed by atoms with van der Waals surface area (Å²) >= 11 is 1.62. The number of carbonyl (C=O) groups excluding carboxylic acids is 1. The Morgan fingerprint density at radius 2 is 1.89 bits per heavy atom. The van der Waals surface area contributed by atoms with Gasteiger partial charge in [-0.05, 0) is 72.5 Å². The van der Waals surface area contributed by atoms with Crippen molar-refractivity contribution < 1.29 is 4.79 Å². The quantitative estimate of drug-likeness (QED) is 0.505. The average molecular weight is 371 g/mol. The zero-order chi connectivity index (χ0) is 18.4. The molecular formula is C22H17N3OS. The van der Waals surface area contributed by atoms with Crippen molar-refractivity contribution in [3.05, 3.63) is 77.1 Å². The molecule has 132 valence electrons. The number of carbonyl (C=O) groups is 1. The van der Waals surface area contributed by atoms with E-state index in [0.717, 1.165) is 44.0 Å². The number of aryl methyl sites for hydroxylation is 1. The Morgan fingerprint density at radius 1 is 1.04 bits per heavy atom. The number of rotatable bonds is 2. The van der Waals surface area contributed by atoms with Gasteiger partial charge in [-0.1, -0.05) is 6.07 Å². The second kappa shape index (κ2) is 6.28. The third-order valence-corrected chi connectivity index (χ3v) is 5.91. The van der Waals surface area contributed by atoms with Crippen LogP contribution in [0.25, 0.3) is 21.3 Å². The molecule has 1 aliphatic rings. The van der Waals surface area contributed by atoms with Gasteiger partial charge in [-0.15, -0.1) is 11.3 Å². The average Bonchev–Trinajstić information content (AvgIpc) is 3.29. The molecule has 5 heteroatoms. The lowest BCUT2D eigenvalue weighted by Crippen LogP contribution is -2.28. The number of fused-ring (bicyclic) bond motifs is 2. The lowest BCUT2D eigenvalue weighted by Gasteiger charge is -2.18. The zero-order valence-electron chi connectivity index (χ0n) is 14.8. The van der Waals surface area contributed by atoms with E-state index < -0.39 is 0 Å². The highest BCUT2D eigenvalue weighted by Crippen LogP contribution is 2.33. The van der Waals surface area contributed by atoms with Gasteiger partial charge in [-0.2, -0.15) is 0 Å². The normalized spacial score (nSPS) is 13.1. The Bertz CT molecular complexity index is 1170. The lowest BCUT2D eigenvalue weighted by atomic mass is 10.0. The van der Waals surface area contributed by atoms with E-state index in [9.17, 15) is 4.79 Å². The number of amides is 1. The fraction of sp³-hybridized carbons (Fsp3) is 0.136. The highest BCUT2D eigenvalue weighted by Gasteiger charge is 2.26. The monoisotopic (exact) mass is 371 g/mol. The fourth-order valence-corrected chi connectivity index (χ4v) is 4.53. The topological polar surface area (TPSA) is 46.1 Å². The molecule has 2 aromatic heterocycles. The zero-order valence-corrected chi connectivity index (χ0v) is 15.7. The van der Waals surface area contributed by atoms with Gasteiger partial charge < -0.3 is 4.90 Å². The SMILES string of the molecule is Cc1nc2ccc(C(=O)N3CCc4cc(-c5ccncc5)ccc43)cc2s1. The molecule has 0 atom stereocenters. The maximum Gasteiger partial charge on any atom is 0.258 e. The van der Waals surface area contributed by atoms with Crippen molar-refractivity contribution in [2.24, 2.45) is 0 Å². The summed E-state index contributed by atoms with van der Waals surface area (Å²) in [5, 5.41) is 1.02. The van der Waals surface area contributed by atoms with E-state index in [-0.39, 0.29) is 5.91 Å². The maximum atomic E-state index is 13.1. The molecule has 1 aliphatic heterocycles. The minimum absolute atomic E-state index is 0.0540. The first-order chi connectivity index (χ1) is 13.2. The summed E-state index contributed by atoms with van der Waals surface area (Å²) in [7, 11) is 0. The first-order valence-corrected chi connectivity index (χ1v) is 9.73. The van der Waals surface area contributed by atoms with Gasteiger partial charge in [-0.25, -0.2) is 4.98 Å². The highest BCUT2D eigenvalue weighted by molar-refractivity contribution is 7.18. The predicted octanol–water partition coefficient (Wildman–Crippen LogP) is 4.87. The largest absolute Gasteiger partial charge is 0.308 e. The molecule has 0 N–H and O–H groups in total. The fourth-order valence-electron chi connectivity index (χ4n) is 3.67. The molecule has 27 heavy (non-hydrogen) atoms. The van der Waals surface area contributed by atoms with Gasteiger partial charge in [0.15, 0.2) is 0 Å². The van der Waals surface area contributed by atoms with Gasteiger partial charge in [-0.3, -0.25) is 9.78 Å². The standard InChI is InChI=1S/C22H17N3OS/c1-14-24-19-4-2-18(13-21(19)27-14)22(26)25-11-8-17-12-16(3-5-20(17)25)15-6-9-23-10-7-15/h2-7,9-10,12-13H,8,11H2,1H3. The molecule has 0 saturated carbocycles. The molecule has 0 unspecified atom stereocenters. The van der Waals surface area contributed by atoms with E-state index in [4.69, 9.17) is 0 Å². The van der Waals surface area contributed by atoms with Gasteiger partial charge in [0.2, 0.25) is 0 Å². The molecule has 0 spiro atoms. The Balaban J connectivity index is 1.48. The first kappa shape index (κ1) is 16.1. The van der Waals surface area contributed by atoms with Crippen molar-refractivity contribution >= 4 is 33.1 Å². The summed E-state index contributed by atoms with van der Waals surface area (Å²) in [6.45, 7) is 2.71. The molecule has 0 radical (unpaired) electrons. The van der Waals surface area contributed by atoms with Crippen molar-refractivity contribution in [2.45, 2.75) is 13.3 Å². The number of pyridine rings is 1. The summed E-state index contributed by atoms with van der Waals surface area (Å²) in [5.74, 6) is 0.0540. The summed E-state index contributed by atoms with van der Waals surface area (Å²) in [6, 6.07) is 16.1. The van der Waals surface area contributed by atoms with E-state index in [1.807, 2.05) is 42.2 Å². The number of hydrogen-bond acceptors (Lipinski definition) is 4. The molecule has 4 aromatic rings. The second-order valence-electron chi connectivity index (χ2n) is 6.70. The number of thiazole rings is 1. The van der Waals surface area contributed by atoms with Crippen molar-refractivity contribution in [3.63, 3.8) is 0 Å². The number of aromatic nitrogens is 2. The third kappa shape index (κ3) is 2.80. The Hall–Kier alpha value is -3.05. The van der Waals surface area contributed by atoms with Crippen molar-refractivity contribution in [1.82, 2.24) is 9.97 Å². The first-order valence-electron chi connectivity index (χ1n) is 8.91. The van der Waals surface area contributed by atoms with E-state index >= 15 is 0 Å². The molecule has 0 aliphatic carbocycles. The minimum Gasteiger partial charge on any atom is -0.308 e. The van der Waals surface area contributed by atoms with Crippen LogP contribution < -0.4 is 4.90 Å². The summed E-state index contributed by atoms with van der Waals surface area (Å²) in [4.78, 5) is 23.6. The Labute approximate surface area is 161 Å². The lowest BCUT2D eigenvalue weighted by molar-refractivity contribution is 0.0989. The summed E-state index contributed by atoms with van der Waals surface area (Å²) < 4.78 is 1.06.